The van der Waals surface area contributed by atoms with Crippen molar-refractivity contribution in [3.8, 4) is 11.3 Å². The lowest BCUT2D eigenvalue weighted by Crippen LogP contribution is -2.15. The van der Waals surface area contributed by atoms with Gasteiger partial charge in [0.2, 0.25) is 0 Å². The van der Waals surface area contributed by atoms with Gasteiger partial charge in [-0.05, 0) is 13.0 Å². The third-order valence-electron chi connectivity index (χ3n) is 3.17. The second kappa shape index (κ2) is 7.69. The van der Waals surface area contributed by atoms with Crippen molar-refractivity contribution in [3.63, 3.8) is 0 Å². The van der Waals surface area contributed by atoms with E-state index in [2.05, 4.69) is 39.8 Å². The van der Waals surface area contributed by atoms with Crippen molar-refractivity contribution in [2.75, 3.05) is 6.54 Å². The number of nitrogens with one attached hydrogen (secondary N) is 2. The summed E-state index contributed by atoms with van der Waals surface area (Å²) in [6.07, 6.45) is 5.13. The molecule has 1 heterocycles. The van der Waals surface area contributed by atoms with Crippen LogP contribution in [0.1, 0.15) is 38.3 Å². The summed E-state index contributed by atoms with van der Waals surface area (Å²) in [6, 6.07) is 10.2. The van der Waals surface area contributed by atoms with Gasteiger partial charge in [0.05, 0.1) is 0 Å². The number of rotatable bonds is 8. The van der Waals surface area contributed by atoms with Crippen molar-refractivity contribution in [1.29, 1.82) is 0 Å². The Morgan fingerprint density at radius 3 is 2.68 bits per heavy atom. The van der Waals surface area contributed by atoms with Gasteiger partial charge in [-0.3, -0.25) is 0 Å². The fraction of sp³-hybridized carbons (Fsp3) is 0.467. The number of benzene rings is 1. The third kappa shape index (κ3) is 4.17. The highest BCUT2D eigenvalue weighted by Crippen LogP contribution is 2.18. The Labute approximate surface area is 114 Å². The van der Waals surface area contributed by atoms with Crippen LogP contribution in [0.4, 0.5) is 0 Å². The summed E-state index contributed by atoms with van der Waals surface area (Å²) < 4.78 is 0. The van der Waals surface area contributed by atoms with E-state index in [-0.39, 0.29) is 0 Å². The maximum Gasteiger partial charge on any atom is 0.117 e. The van der Waals surface area contributed by atoms with Gasteiger partial charge < -0.3 is 5.32 Å². The lowest BCUT2D eigenvalue weighted by molar-refractivity contribution is 0.593. The molecule has 4 heteroatoms. The van der Waals surface area contributed by atoms with Crippen LogP contribution in [-0.4, -0.2) is 22.0 Å². The number of H-pyrrole nitrogens is 1. The normalized spacial score (nSPS) is 10.8. The SMILES string of the molecule is CCCCCCNCc1n[nH]nc1-c1ccccc1. The summed E-state index contributed by atoms with van der Waals surface area (Å²) in [7, 11) is 0. The van der Waals surface area contributed by atoms with E-state index in [1.165, 1.54) is 25.7 Å². The molecule has 2 aromatic rings. The number of hydrogen-bond donors (Lipinski definition) is 2. The summed E-state index contributed by atoms with van der Waals surface area (Å²) in [5, 5.41) is 14.6. The minimum Gasteiger partial charge on any atom is -0.311 e. The molecule has 1 aromatic carbocycles. The van der Waals surface area contributed by atoms with Crippen molar-refractivity contribution < 1.29 is 0 Å². The largest absolute Gasteiger partial charge is 0.311 e. The fourth-order valence-corrected chi connectivity index (χ4v) is 2.09. The quantitative estimate of drug-likeness (QED) is 0.715. The molecule has 0 radical (unpaired) electrons. The molecule has 0 spiro atoms. The van der Waals surface area contributed by atoms with E-state index in [1.807, 2.05) is 18.2 Å². The van der Waals surface area contributed by atoms with Gasteiger partial charge in [-0.1, -0.05) is 56.5 Å². The Bertz CT molecular complexity index is 464. The first-order valence-electron chi connectivity index (χ1n) is 7.07. The molecule has 2 N–H and O–H groups in total. The molecule has 0 fully saturated rings. The van der Waals surface area contributed by atoms with Gasteiger partial charge in [0.25, 0.3) is 0 Å². The molecule has 2 rings (SSSR count). The first-order chi connectivity index (χ1) is 9.42. The van der Waals surface area contributed by atoms with Gasteiger partial charge in [0.15, 0.2) is 0 Å². The highest BCUT2D eigenvalue weighted by molar-refractivity contribution is 5.60. The van der Waals surface area contributed by atoms with E-state index in [9.17, 15) is 0 Å². The topological polar surface area (TPSA) is 53.6 Å². The van der Waals surface area contributed by atoms with Crippen LogP contribution in [-0.2, 0) is 6.54 Å². The molecule has 0 aliphatic carbocycles. The second-order valence-corrected chi connectivity index (χ2v) is 4.72. The van der Waals surface area contributed by atoms with E-state index in [1.54, 1.807) is 0 Å². The van der Waals surface area contributed by atoms with Crippen molar-refractivity contribution >= 4 is 0 Å². The van der Waals surface area contributed by atoms with Gasteiger partial charge >= 0.3 is 0 Å². The Kier molecular flexibility index (Phi) is 5.56. The molecule has 0 saturated carbocycles. The van der Waals surface area contributed by atoms with Crippen LogP contribution in [0.25, 0.3) is 11.3 Å². The number of hydrogen-bond acceptors (Lipinski definition) is 3. The average molecular weight is 258 g/mol. The van der Waals surface area contributed by atoms with Gasteiger partial charge in [0, 0.05) is 12.1 Å². The molecule has 0 aliphatic rings. The molecule has 1 aromatic heterocycles. The van der Waals surface area contributed by atoms with E-state index in [0.717, 1.165) is 30.0 Å². The molecule has 102 valence electrons. The molecule has 0 atom stereocenters. The fourth-order valence-electron chi connectivity index (χ4n) is 2.09. The smallest absolute Gasteiger partial charge is 0.117 e. The van der Waals surface area contributed by atoms with Crippen molar-refractivity contribution in [2.24, 2.45) is 0 Å². The number of aromatic amines is 1. The molecule has 0 bridgehead atoms. The zero-order valence-corrected chi connectivity index (χ0v) is 11.5. The van der Waals surface area contributed by atoms with Crippen LogP contribution < -0.4 is 5.32 Å². The summed E-state index contributed by atoms with van der Waals surface area (Å²) in [5.74, 6) is 0. The number of nitrogens with zero attached hydrogens (tertiary/aromatic N) is 2. The van der Waals surface area contributed by atoms with Crippen molar-refractivity contribution in [1.82, 2.24) is 20.7 Å². The van der Waals surface area contributed by atoms with E-state index >= 15 is 0 Å². The van der Waals surface area contributed by atoms with Crippen molar-refractivity contribution in [3.05, 3.63) is 36.0 Å². The summed E-state index contributed by atoms with van der Waals surface area (Å²) in [4.78, 5) is 0. The predicted molar refractivity (Wildman–Crippen MR) is 77.7 cm³/mol. The Morgan fingerprint density at radius 2 is 1.89 bits per heavy atom. The predicted octanol–water partition coefficient (Wildman–Crippen LogP) is 3.14. The van der Waals surface area contributed by atoms with E-state index < -0.39 is 0 Å². The number of aromatic nitrogens is 3. The Hall–Kier alpha value is -1.68. The standard InChI is InChI=1S/C15H22N4/c1-2-3-4-8-11-16-12-14-15(18-19-17-14)13-9-6-5-7-10-13/h5-7,9-10,16H,2-4,8,11-12H2,1H3,(H,17,18,19). The summed E-state index contributed by atoms with van der Waals surface area (Å²) in [5.41, 5.74) is 3.04. The van der Waals surface area contributed by atoms with Gasteiger partial charge in [0.1, 0.15) is 11.4 Å². The lowest BCUT2D eigenvalue weighted by atomic mass is 10.1. The molecular weight excluding hydrogens is 236 g/mol. The van der Waals surface area contributed by atoms with Crippen LogP contribution in [0, 0.1) is 0 Å². The van der Waals surface area contributed by atoms with E-state index in [4.69, 9.17) is 0 Å². The zero-order valence-electron chi connectivity index (χ0n) is 11.5. The highest BCUT2D eigenvalue weighted by Gasteiger charge is 2.08. The Morgan fingerprint density at radius 1 is 1.05 bits per heavy atom. The zero-order chi connectivity index (χ0) is 13.3. The maximum atomic E-state index is 4.24. The molecular formula is C15H22N4. The molecule has 0 amide bonds. The molecule has 0 unspecified atom stereocenters. The monoisotopic (exact) mass is 258 g/mol. The number of unbranched alkanes of at least 4 members (excludes halogenated alkanes) is 3. The van der Waals surface area contributed by atoms with Crippen LogP contribution in [0.15, 0.2) is 30.3 Å². The van der Waals surface area contributed by atoms with Crippen LogP contribution >= 0.6 is 0 Å². The average Bonchev–Trinajstić information content (AvgIpc) is 2.92. The van der Waals surface area contributed by atoms with Gasteiger partial charge in [-0.15, -0.1) is 0 Å². The van der Waals surface area contributed by atoms with Gasteiger partial charge in [-0.2, -0.15) is 15.4 Å². The molecule has 0 aliphatic heterocycles. The second-order valence-electron chi connectivity index (χ2n) is 4.72. The van der Waals surface area contributed by atoms with Crippen molar-refractivity contribution in [2.45, 2.75) is 39.2 Å². The van der Waals surface area contributed by atoms with E-state index in [0.29, 0.717) is 0 Å². The van der Waals surface area contributed by atoms with Gasteiger partial charge in [-0.25, -0.2) is 0 Å². The minimum absolute atomic E-state index is 0.771. The summed E-state index contributed by atoms with van der Waals surface area (Å²) >= 11 is 0. The minimum atomic E-state index is 0.771. The first-order valence-corrected chi connectivity index (χ1v) is 7.07. The molecule has 19 heavy (non-hydrogen) atoms. The maximum absolute atomic E-state index is 4.24. The Balaban J connectivity index is 1.83. The summed E-state index contributed by atoms with van der Waals surface area (Å²) in [6.45, 7) is 4.04. The third-order valence-corrected chi connectivity index (χ3v) is 3.17. The first kappa shape index (κ1) is 13.7. The highest BCUT2D eigenvalue weighted by atomic mass is 15.3. The molecule has 0 saturated heterocycles. The van der Waals surface area contributed by atoms with Crippen LogP contribution in [0.2, 0.25) is 0 Å². The van der Waals surface area contributed by atoms with Crippen LogP contribution in [0.3, 0.4) is 0 Å². The molecule has 4 nitrogen and oxygen atoms in total. The van der Waals surface area contributed by atoms with Crippen LogP contribution in [0.5, 0.6) is 0 Å². The lowest BCUT2D eigenvalue weighted by Gasteiger charge is -2.04.